The predicted molar refractivity (Wildman–Crippen MR) is 92.3 cm³/mol. The summed E-state index contributed by atoms with van der Waals surface area (Å²) >= 11 is 0. The van der Waals surface area contributed by atoms with Crippen LogP contribution in [0.2, 0.25) is 0 Å². The Labute approximate surface area is 139 Å². The van der Waals surface area contributed by atoms with Gasteiger partial charge in [0.25, 0.3) is 0 Å². The number of nitrogens with zero attached hydrogens (tertiary/aromatic N) is 1. The number of carbonyl (C=O) groups excluding carboxylic acids is 1. The smallest absolute Gasteiger partial charge is 0.315 e. The van der Waals surface area contributed by atoms with Crippen molar-refractivity contribution in [3.05, 3.63) is 35.9 Å². The number of hydrogen-bond donors (Lipinski definition) is 2. The van der Waals surface area contributed by atoms with Gasteiger partial charge in [0.15, 0.2) is 0 Å². The standard InChI is InChI=1S/C18H29N3O2/c1-15(2)12-17(21-8-10-23-11-9-21)14-20-18(22)19-13-16-6-4-3-5-7-16/h3-7,15,17H,8-14H2,1-2H3,(H2,19,20,22). The average Bonchev–Trinajstić information content (AvgIpc) is 2.58. The summed E-state index contributed by atoms with van der Waals surface area (Å²) in [5.41, 5.74) is 1.11. The maximum absolute atomic E-state index is 12.0. The highest BCUT2D eigenvalue weighted by atomic mass is 16.5. The van der Waals surface area contributed by atoms with Crippen LogP contribution >= 0.6 is 0 Å². The molecule has 1 heterocycles. The predicted octanol–water partition coefficient (Wildman–Crippen LogP) is 2.23. The van der Waals surface area contributed by atoms with Crippen molar-refractivity contribution in [2.75, 3.05) is 32.8 Å². The first kappa shape index (κ1) is 17.8. The van der Waals surface area contributed by atoms with Crippen LogP contribution in [-0.4, -0.2) is 49.8 Å². The van der Waals surface area contributed by atoms with Gasteiger partial charge in [0.1, 0.15) is 0 Å². The summed E-state index contributed by atoms with van der Waals surface area (Å²) in [6.45, 7) is 9.16. The van der Waals surface area contributed by atoms with Gasteiger partial charge in [-0.2, -0.15) is 0 Å². The summed E-state index contributed by atoms with van der Waals surface area (Å²) < 4.78 is 5.43. The van der Waals surface area contributed by atoms with E-state index in [1.54, 1.807) is 0 Å². The molecule has 0 aromatic heterocycles. The Morgan fingerprint density at radius 3 is 2.52 bits per heavy atom. The Balaban J connectivity index is 1.76. The van der Waals surface area contributed by atoms with Crippen LogP contribution in [0, 0.1) is 5.92 Å². The van der Waals surface area contributed by atoms with Gasteiger partial charge in [-0.15, -0.1) is 0 Å². The zero-order valence-electron chi connectivity index (χ0n) is 14.3. The molecule has 0 spiro atoms. The molecule has 23 heavy (non-hydrogen) atoms. The van der Waals surface area contributed by atoms with E-state index >= 15 is 0 Å². The van der Waals surface area contributed by atoms with Crippen LogP contribution in [0.5, 0.6) is 0 Å². The van der Waals surface area contributed by atoms with Crippen molar-refractivity contribution in [2.24, 2.45) is 5.92 Å². The Hall–Kier alpha value is -1.59. The molecule has 1 atom stereocenters. The summed E-state index contributed by atoms with van der Waals surface area (Å²) in [7, 11) is 0. The summed E-state index contributed by atoms with van der Waals surface area (Å²) in [5, 5.41) is 5.94. The molecule has 0 bridgehead atoms. The van der Waals surface area contributed by atoms with Crippen LogP contribution in [-0.2, 0) is 11.3 Å². The zero-order valence-corrected chi connectivity index (χ0v) is 14.3. The maximum atomic E-state index is 12.0. The number of carbonyl (C=O) groups is 1. The fourth-order valence-corrected chi connectivity index (χ4v) is 2.90. The van der Waals surface area contributed by atoms with Crippen molar-refractivity contribution in [3.8, 4) is 0 Å². The van der Waals surface area contributed by atoms with Crippen LogP contribution in [0.1, 0.15) is 25.8 Å². The molecule has 1 aromatic carbocycles. The molecule has 1 fully saturated rings. The molecule has 2 N–H and O–H groups in total. The maximum Gasteiger partial charge on any atom is 0.315 e. The third-order valence-electron chi connectivity index (χ3n) is 4.10. The summed E-state index contributed by atoms with van der Waals surface area (Å²) in [6, 6.07) is 10.2. The second-order valence-electron chi connectivity index (χ2n) is 6.48. The molecule has 0 saturated carbocycles. The van der Waals surface area contributed by atoms with Gasteiger partial charge in [-0.3, -0.25) is 4.90 Å². The molecule has 2 amide bonds. The van der Waals surface area contributed by atoms with Gasteiger partial charge in [0, 0.05) is 32.2 Å². The van der Waals surface area contributed by atoms with Crippen LogP contribution in [0.4, 0.5) is 4.79 Å². The van der Waals surface area contributed by atoms with E-state index in [0.29, 0.717) is 25.0 Å². The highest BCUT2D eigenvalue weighted by Crippen LogP contribution is 2.13. The molecule has 0 radical (unpaired) electrons. The molecule has 1 saturated heterocycles. The minimum Gasteiger partial charge on any atom is -0.379 e. The fourth-order valence-electron chi connectivity index (χ4n) is 2.90. The van der Waals surface area contributed by atoms with Crippen molar-refractivity contribution >= 4 is 6.03 Å². The minimum absolute atomic E-state index is 0.101. The molecular formula is C18H29N3O2. The number of urea groups is 1. The Morgan fingerprint density at radius 1 is 1.17 bits per heavy atom. The fraction of sp³-hybridized carbons (Fsp3) is 0.611. The summed E-state index contributed by atoms with van der Waals surface area (Å²) in [4.78, 5) is 14.5. The SMILES string of the molecule is CC(C)CC(CNC(=O)NCc1ccccc1)N1CCOCC1. The van der Waals surface area contributed by atoms with Crippen molar-refractivity contribution < 1.29 is 9.53 Å². The second-order valence-corrected chi connectivity index (χ2v) is 6.48. The number of amides is 2. The van der Waals surface area contributed by atoms with Gasteiger partial charge in [0.2, 0.25) is 0 Å². The van der Waals surface area contributed by atoms with Gasteiger partial charge < -0.3 is 15.4 Å². The van der Waals surface area contributed by atoms with E-state index in [0.717, 1.165) is 38.3 Å². The van der Waals surface area contributed by atoms with Crippen LogP contribution < -0.4 is 10.6 Å². The number of hydrogen-bond acceptors (Lipinski definition) is 3. The number of ether oxygens (including phenoxy) is 1. The lowest BCUT2D eigenvalue weighted by Gasteiger charge is -2.35. The normalized spacial score (nSPS) is 17.0. The Kier molecular flexibility index (Phi) is 7.36. The number of benzene rings is 1. The van der Waals surface area contributed by atoms with Crippen molar-refractivity contribution in [2.45, 2.75) is 32.9 Å². The number of nitrogens with one attached hydrogen (secondary N) is 2. The van der Waals surface area contributed by atoms with Crippen LogP contribution in [0.3, 0.4) is 0 Å². The molecule has 128 valence electrons. The molecule has 0 aliphatic carbocycles. The monoisotopic (exact) mass is 319 g/mol. The van der Waals surface area contributed by atoms with Gasteiger partial charge in [-0.25, -0.2) is 4.79 Å². The van der Waals surface area contributed by atoms with E-state index < -0.39 is 0 Å². The third kappa shape index (κ3) is 6.59. The highest BCUT2D eigenvalue weighted by Gasteiger charge is 2.22. The third-order valence-corrected chi connectivity index (χ3v) is 4.10. The summed E-state index contributed by atoms with van der Waals surface area (Å²) in [6.07, 6.45) is 1.08. The van der Waals surface area contributed by atoms with Gasteiger partial charge in [-0.05, 0) is 17.9 Å². The molecule has 1 unspecified atom stereocenters. The second kappa shape index (κ2) is 9.53. The van der Waals surface area contributed by atoms with E-state index in [9.17, 15) is 4.79 Å². The van der Waals surface area contributed by atoms with E-state index in [2.05, 4.69) is 29.4 Å². The zero-order chi connectivity index (χ0) is 16.5. The van der Waals surface area contributed by atoms with E-state index in [1.807, 2.05) is 30.3 Å². The molecule has 5 nitrogen and oxygen atoms in total. The number of morpholine rings is 1. The van der Waals surface area contributed by atoms with E-state index in [-0.39, 0.29) is 6.03 Å². The topological polar surface area (TPSA) is 53.6 Å². The first-order chi connectivity index (χ1) is 11.1. The van der Waals surface area contributed by atoms with E-state index in [4.69, 9.17) is 4.74 Å². The first-order valence-corrected chi connectivity index (χ1v) is 8.52. The average molecular weight is 319 g/mol. The molecular weight excluding hydrogens is 290 g/mol. The lowest BCUT2D eigenvalue weighted by atomic mass is 10.0. The van der Waals surface area contributed by atoms with Gasteiger partial charge in [0.05, 0.1) is 13.2 Å². The van der Waals surface area contributed by atoms with Crippen molar-refractivity contribution in [1.82, 2.24) is 15.5 Å². The first-order valence-electron chi connectivity index (χ1n) is 8.52. The lowest BCUT2D eigenvalue weighted by molar-refractivity contribution is 0.0129. The van der Waals surface area contributed by atoms with Gasteiger partial charge in [-0.1, -0.05) is 44.2 Å². The summed E-state index contributed by atoms with van der Waals surface area (Å²) in [5.74, 6) is 0.608. The minimum atomic E-state index is -0.101. The number of rotatable bonds is 7. The molecule has 1 aliphatic rings. The van der Waals surface area contributed by atoms with Crippen molar-refractivity contribution in [1.29, 1.82) is 0 Å². The van der Waals surface area contributed by atoms with Crippen LogP contribution in [0.15, 0.2) is 30.3 Å². The molecule has 1 aromatic rings. The molecule has 2 rings (SSSR count). The highest BCUT2D eigenvalue weighted by molar-refractivity contribution is 5.73. The quantitative estimate of drug-likeness (QED) is 0.810. The van der Waals surface area contributed by atoms with Crippen LogP contribution in [0.25, 0.3) is 0 Å². The van der Waals surface area contributed by atoms with Gasteiger partial charge >= 0.3 is 6.03 Å². The Bertz CT molecular complexity index is 459. The van der Waals surface area contributed by atoms with E-state index in [1.165, 1.54) is 0 Å². The molecule has 1 aliphatic heterocycles. The molecule has 5 heteroatoms. The van der Waals surface area contributed by atoms with Crippen molar-refractivity contribution in [3.63, 3.8) is 0 Å². The lowest BCUT2D eigenvalue weighted by Crippen LogP contribution is -2.50. The Morgan fingerprint density at radius 2 is 1.87 bits per heavy atom. The largest absolute Gasteiger partial charge is 0.379 e.